The maximum Gasteiger partial charge on any atom is 0.289 e. The van der Waals surface area contributed by atoms with E-state index in [9.17, 15) is 19.3 Å². The average molecular weight is 440 g/mol. The Labute approximate surface area is 179 Å². The van der Waals surface area contributed by atoms with Crippen molar-refractivity contribution in [3.05, 3.63) is 89.4 Å². The first kappa shape index (κ1) is 22.1. The topological polar surface area (TPSA) is 142 Å². The van der Waals surface area contributed by atoms with Crippen molar-refractivity contribution in [2.24, 2.45) is 0 Å². The van der Waals surface area contributed by atoms with Crippen molar-refractivity contribution in [2.75, 3.05) is 12.7 Å². The predicted molar refractivity (Wildman–Crippen MR) is 114 cm³/mol. The van der Waals surface area contributed by atoms with E-state index in [1.54, 1.807) is 0 Å². The number of hydrogen-bond acceptors (Lipinski definition) is 6. The molecule has 0 fully saturated rings. The highest BCUT2D eigenvalue weighted by Gasteiger charge is 2.22. The fraction of sp³-hybridized carbons (Fsp3) is 0.143. The molecule has 1 unspecified atom stereocenters. The van der Waals surface area contributed by atoms with Gasteiger partial charge in [0.25, 0.3) is 11.8 Å². The van der Waals surface area contributed by atoms with E-state index in [0.717, 1.165) is 17.3 Å². The summed E-state index contributed by atoms with van der Waals surface area (Å²) in [4.78, 5) is 41.1. The summed E-state index contributed by atoms with van der Waals surface area (Å²) in [5.41, 5.74) is 1.51. The smallest absolute Gasteiger partial charge is 0.289 e. The second kappa shape index (κ2) is 10.5. The van der Waals surface area contributed by atoms with Crippen molar-refractivity contribution in [3.63, 3.8) is 0 Å². The van der Waals surface area contributed by atoms with Gasteiger partial charge in [0.15, 0.2) is 8.03 Å². The molecule has 1 atom stereocenters. The van der Waals surface area contributed by atoms with E-state index in [1.165, 1.54) is 0 Å². The lowest BCUT2D eigenvalue weighted by molar-refractivity contribution is 0.0925. The molecular weight excluding hydrogens is 419 g/mol. The summed E-state index contributed by atoms with van der Waals surface area (Å²) in [5.74, 6) is -2.33. The van der Waals surface area contributed by atoms with Crippen LogP contribution in [0.15, 0.2) is 66.9 Å². The SMILES string of the molecule is O=C(NCC[PH](=O)O)c1ncc(C(=O)NC(c2ccccc2)c2ccccc2)c(O)n1. The standard InChI is InChI=1S/C21H21N4O5P/c26-19(16-13-23-18(25-20(16)27)21(28)22-11-12-31(29)30)24-17(14-7-3-1-4-8-14)15-9-5-2-6-10-15/h1-10,13,17,31H,11-12H2,(H,22,28)(H,24,26)(H,29,30)(H,23,25,27). The summed E-state index contributed by atoms with van der Waals surface area (Å²) in [7, 11) is -2.70. The van der Waals surface area contributed by atoms with Gasteiger partial charge in [-0.25, -0.2) is 4.98 Å². The molecule has 0 aliphatic rings. The Morgan fingerprint density at radius 2 is 1.55 bits per heavy atom. The molecule has 2 amide bonds. The van der Waals surface area contributed by atoms with Gasteiger partial charge in [0.1, 0.15) is 5.56 Å². The summed E-state index contributed by atoms with van der Waals surface area (Å²) in [6.45, 7) is -0.0324. The van der Waals surface area contributed by atoms with Gasteiger partial charge < -0.3 is 20.6 Å². The summed E-state index contributed by atoms with van der Waals surface area (Å²) in [6.07, 6.45) is 0.984. The van der Waals surface area contributed by atoms with Crippen LogP contribution in [0.4, 0.5) is 0 Å². The second-order valence-corrected chi connectivity index (χ2v) is 7.85. The largest absolute Gasteiger partial charge is 0.493 e. The molecule has 31 heavy (non-hydrogen) atoms. The third-order valence-electron chi connectivity index (χ3n) is 4.38. The molecule has 0 radical (unpaired) electrons. The Balaban J connectivity index is 1.78. The molecule has 0 aliphatic heterocycles. The van der Waals surface area contributed by atoms with Crippen LogP contribution in [-0.4, -0.2) is 44.5 Å². The van der Waals surface area contributed by atoms with Gasteiger partial charge in [0, 0.05) is 18.9 Å². The lowest BCUT2D eigenvalue weighted by Gasteiger charge is -2.20. The molecule has 1 heterocycles. The third kappa shape index (κ3) is 5.97. The van der Waals surface area contributed by atoms with Crippen LogP contribution in [0, 0.1) is 0 Å². The van der Waals surface area contributed by atoms with Crippen LogP contribution in [-0.2, 0) is 4.57 Å². The van der Waals surface area contributed by atoms with E-state index in [4.69, 9.17) is 4.89 Å². The highest BCUT2D eigenvalue weighted by atomic mass is 31.1. The van der Waals surface area contributed by atoms with E-state index >= 15 is 0 Å². The molecule has 2 aromatic carbocycles. The number of aromatic hydroxyl groups is 1. The van der Waals surface area contributed by atoms with Gasteiger partial charge in [-0.1, -0.05) is 60.7 Å². The van der Waals surface area contributed by atoms with Gasteiger partial charge >= 0.3 is 0 Å². The first-order valence-electron chi connectivity index (χ1n) is 9.42. The highest BCUT2D eigenvalue weighted by Crippen LogP contribution is 2.23. The highest BCUT2D eigenvalue weighted by molar-refractivity contribution is 7.38. The van der Waals surface area contributed by atoms with Crippen LogP contribution in [0.2, 0.25) is 0 Å². The normalized spacial score (nSPS) is 11.7. The Morgan fingerprint density at radius 1 is 0.968 bits per heavy atom. The van der Waals surface area contributed by atoms with Gasteiger partial charge in [-0.15, -0.1) is 0 Å². The number of nitrogens with one attached hydrogen (secondary N) is 2. The maximum atomic E-state index is 12.8. The predicted octanol–water partition coefficient (Wildman–Crippen LogP) is 1.90. The van der Waals surface area contributed by atoms with Crippen molar-refractivity contribution in [1.29, 1.82) is 0 Å². The average Bonchev–Trinajstić information content (AvgIpc) is 2.78. The first-order chi connectivity index (χ1) is 15.0. The lowest BCUT2D eigenvalue weighted by Crippen LogP contribution is -2.30. The number of amides is 2. The molecule has 0 saturated heterocycles. The van der Waals surface area contributed by atoms with Crippen molar-refractivity contribution in [2.45, 2.75) is 6.04 Å². The Bertz CT molecular complexity index is 1040. The van der Waals surface area contributed by atoms with Crippen molar-refractivity contribution < 1.29 is 24.2 Å². The first-order valence-corrected chi connectivity index (χ1v) is 11.0. The molecule has 9 nitrogen and oxygen atoms in total. The van der Waals surface area contributed by atoms with Crippen LogP contribution >= 0.6 is 8.03 Å². The van der Waals surface area contributed by atoms with E-state index < -0.39 is 31.8 Å². The van der Waals surface area contributed by atoms with Gasteiger partial charge in [-0.2, -0.15) is 4.98 Å². The molecule has 1 aromatic heterocycles. The van der Waals surface area contributed by atoms with E-state index in [0.29, 0.717) is 0 Å². The summed E-state index contributed by atoms with van der Waals surface area (Å²) < 4.78 is 10.7. The summed E-state index contributed by atoms with van der Waals surface area (Å²) >= 11 is 0. The molecule has 0 saturated carbocycles. The van der Waals surface area contributed by atoms with Crippen LogP contribution < -0.4 is 10.6 Å². The van der Waals surface area contributed by atoms with Crippen LogP contribution in [0.3, 0.4) is 0 Å². The minimum absolute atomic E-state index is 0.0324. The molecular formula is C21H21N4O5P. The molecule has 10 heteroatoms. The molecule has 160 valence electrons. The molecule has 0 aliphatic carbocycles. The van der Waals surface area contributed by atoms with E-state index in [-0.39, 0.29) is 24.1 Å². The fourth-order valence-electron chi connectivity index (χ4n) is 2.86. The van der Waals surface area contributed by atoms with E-state index in [2.05, 4.69) is 20.6 Å². The maximum absolute atomic E-state index is 12.8. The molecule has 3 aromatic rings. The summed E-state index contributed by atoms with van der Waals surface area (Å²) in [5, 5.41) is 15.4. The number of benzene rings is 2. The number of rotatable bonds is 8. The Kier molecular flexibility index (Phi) is 7.48. The van der Waals surface area contributed by atoms with Crippen molar-refractivity contribution >= 4 is 19.8 Å². The molecule has 3 rings (SSSR count). The van der Waals surface area contributed by atoms with E-state index in [1.807, 2.05) is 60.7 Å². The van der Waals surface area contributed by atoms with Crippen molar-refractivity contribution in [3.8, 4) is 5.88 Å². The Morgan fingerprint density at radius 3 is 2.06 bits per heavy atom. The number of carbonyl (C=O) groups is 2. The molecule has 4 N–H and O–H groups in total. The molecule has 0 spiro atoms. The quantitative estimate of drug-likeness (QED) is 0.392. The van der Waals surface area contributed by atoms with Crippen LogP contribution in [0.1, 0.15) is 38.1 Å². The zero-order chi connectivity index (χ0) is 22.2. The second-order valence-electron chi connectivity index (χ2n) is 6.56. The van der Waals surface area contributed by atoms with Gasteiger partial charge in [0.2, 0.25) is 11.7 Å². The number of nitrogens with zero attached hydrogens (tertiary/aromatic N) is 2. The monoisotopic (exact) mass is 440 g/mol. The number of aromatic nitrogens is 2. The number of hydrogen-bond donors (Lipinski definition) is 4. The van der Waals surface area contributed by atoms with Crippen LogP contribution in [0.5, 0.6) is 5.88 Å². The summed E-state index contributed by atoms with van der Waals surface area (Å²) in [6, 6.07) is 18.2. The van der Waals surface area contributed by atoms with Crippen LogP contribution in [0.25, 0.3) is 0 Å². The minimum Gasteiger partial charge on any atom is -0.493 e. The third-order valence-corrected chi connectivity index (χ3v) is 5.06. The van der Waals surface area contributed by atoms with Gasteiger partial charge in [-0.3, -0.25) is 14.2 Å². The minimum atomic E-state index is -2.70. The number of carbonyl (C=O) groups excluding carboxylic acids is 2. The molecule has 0 bridgehead atoms. The Hall–Kier alpha value is -3.55. The van der Waals surface area contributed by atoms with Gasteiger partial charge in [-0.05, 0) is 11.1 Å². The van der Waals surface area contributed by atoms with Crippen molar-refractivity contribution in [1.82, 2.24) is 20.6 Å². The zero-order valence-electron chi connectivity index (χ0n) is 16.4. The zero-order valence-corrected chi connectivity index (χ0v) is 17.4. The lowest BCUT2D eigenvalue weighted by atomic mass is 9.98. The van der Waals surface area contributed by atoms with Gasteiger partial charge in [0.05, 0.1) is 6.04 Å². The fourth-order valence-corrected chi connectivity index (χ4v) is 3.20.